The quantitative estimate of drug-likeness (QED) is 0.583. The molecule has 0 aliphatic carbocycles. The highest BCUT2D eigenvalue weighted by atomic mass is 16.5. The first-order chi connectivity index (χ1) is 7.57. The fraction of sp³-hybridized carbons (Fsp3) is 0.923. The van der Waals surface area contributed by atoms with E-state index in [2.05, 4.69) is 6.92 Å². The Kier molecular flexibility index (Phi) is 9.30. The molecule has 1 N–H and O–H groups in total. The molecule has 1 unspecified atom stereocenters. The maximum absolute atomic E-state index is 10.9. The SMILES string of the molecule is CCCCCCCCC(OC(C)C)C(=O)O. The highest BCUT2D eigenvalue weighted by molar-refractivity contribution is 5.72. The number of carbonyl (C=O) groups is 1. The van der Waals surface area contributed by atoms with Crippen molar-refractivity contribution in [1.82, 2.24) is 0 Å². The second-order valence-electron chi connectivity index (χ2n) is 4.57. The number of hydrogen-bond acceptors (Lipinski definition) is 2. The van der Waals surface area contributed by atoms with Crippen LogP contribution in [0, 0.1) is 0 Å². The van der Waals surface area contributed by atoms with Gasteiger partial charge in [0.2, 0.25) is 0 Å². The molecule has 3 nitrogen and oxygen atoms in total. The Morgan fingerprint density at radius 1 is 1.12 bits per heavy atom. The van der Waals surface area contributed by atoms with Crippen molar-refractivity contribution in [2.75, 3.05) is 0 Å². The van der Waals surface area contributed by atoms with Crippen molar-refractivity contribution in [3.8, 4) is 0 Å². The average Bonchev–Trinajstić information content (AvgIpc) is 2.20. The van der Waals surface area contributed by atoms with Crippen LogP contribution in [0.15, 0.2) is 0 Å². The van der Waals surface area contributed by atoms with Gasteiger partial charge in [-0.15, -0.1) is 0 Å². The lowest BCUT2D eigenvalue weighted by Gasteiger charge is -2.16. The van der Waals surface area contributed by atoms with Crippen LogP contribution >= 0.6 is 0 Å². The summed E-state index contributed by atoms with van der Waals surface area (Å²) in [5.74, 6) is -0.831. The molecule has 0 amide bonds. The highest BCUT2D eigenvalue weighted by Gasteiger charge is 2.18. The summed E-state index contributed by atoms with van der Waals surface area (Å²) in [6, 6.07) is 0. The largest absolute Gasteiger partial charge is 0.479 e. The van der Waals surface area contributed by atoms with Gasteiger partial charge in [-0.25, -0.2) is 4.79 Å². The van der Waals surface area contributed by atoms with Crippen molar-refractivity contribution in [2.24, 2.45) is 0 Å². The van der Waals surface area contributed by atoms with E-state index in [0.717, 1.165) is 12.8 Å². The molecule has 0 heterocycles. The second kappa shape index (κ2) is 9.64. The Labute approximate surface area is 99.2 Å². The fourth-order valence-corrected chi connectivity index (χ4v) is 1.69. The van der Waals surface area contributed by atoms with Crippen LogP contribution < -0.4 is 0 Å². The van der Waals surface area contributed by atoms with Crippen molar-refractivity contribution in [2.45, 2.75) is 77.9 Å². The minimum atomic E-state index is -0.831. The maximum Gasteiger partial charge on any atom is 0.332 e. The first-order valence-corrected chi connectivity index (χ1v) is 6.46. The molecule has 0 spiro atoms. The van der Waals surface area contributed by atoms with Gasteiger partial charge in [0.1, 0.15) is 0 Å². The lowest BCUT2D eigenvalue weighted by atomic mass is 10.1. The number of aliphatic carboxylic acids is 1. The molecule has 96 valence electrons. The Bertz CT molecular complexity index is 178. The van der Waals surface area contributed by atoms with E-state index >= 15 is 0 Å². The minimum absolute atomic E-state index is 0.0128. The summed E-state index contributed by atoms with van der Waals surface area (Å²) in [5, 5.41) is 8.94. The van der Waals surface area contributed by atoms with E-state index in [-0.39, 0.29) is 6.10 Å². The Hall–Kier alpha value is -0.570. The molecule has 0 fully saturated rings. The third kappa shape index (κ3) is 8.72. The molecule has 0 saturated carbocycles. The Balaban J connectivity index is 3.57. The van der Waals surface area contributed by atoms with Gasteiger partial charge in [-0.05, 0) is 20.3 Å². The van der Waals surface area contributed by atoms with Gasteiger partial charge in [-0.3, -0.25) is 0 Å². The van der Waals surface area contributed by atoms with E-state index < -0.39 is 12.1 Å². The van der Waals surface area contributed by atoms with Gasteiger partial charge < -0.3 is 9.84 Å². The van der Waals surface area contributed by atoms with Crippen LogP contribution in [0.25, 0.3) is 0 Å². The van der Waals surface area contributed by atoms with Crippen LogP contribution in [0.4, 0.5) is 0 Å². The molecule has 0 aromatic rings. The fourth-order valence-electron chi connectivity index (χ4n) is 1.69. The number of hydrogen-bond donors (Lipinski definition) is 1. The van der Waals surface area contributed by atoms with Crippen LogP contribution in [0.2, 0.25) is 0 Å². The van der Waals surface area contributed by atoms with Crippen molar-refractivity contribution in [3.05, 3.63) is 0 Å². The summed E-state index contributed by atoms with van der Waals surface area (Å²) in [6.45, 7) is 5.94. The van der Waals surface area contributed by atoms with Crippen molar-refractivity contribution in [3.63, 3.8) is 0 Å². The smallest absolute Gasteiger partial charge is 0.332 e. The summed E-state index contributed by atoms with van der Waals surface area (Å²) in [6.07, 6.45) is 7.07. The molecule has 0 aromatic carbocycles. The average molecular weight is 230 g/mol. The van der Waals surface area contributed by atoms with Gasteiger partial charge in [0.25, 0.3) is 0 Å². The topological polar surface area (TPSA) is 46.5 Å². The van der Waals surface area contributed by atoms with E-state index in [1.54, 1.807) is 0 Å². The molecule has 0 aromatic heterocycles. The number of unbranched alkanes of at least 4 members (excludes halogenated alkanes) is 5. The third-order valence-corrected chi connectivity index (χ3v) is 2.53. The van der Waals surface area contributed by atoms with Crippen molar-refractivity contribution >= 4 is 5.97 Å². The van der Waals surface area contributed by atoms with Gasteiger partial charge in [0, 0.05) is 0 Å². The van der Waals surface area contributed by atoms with Crippen molar-refractivity contribution < 1.29 is 14.6 Å². The molecule has 16 heavy (non-hydrogen) atoms. The number of carboxylic acid groups (broad SMARTS) is 1. The van der Waals surface area contributed by atoms with Crippen LogP contribution in [-0.4, -0.2) is 23.3 Å². The summed E-state index contributed by atoms with van der Waals surface area (Å²) in [4.78, 5) is 10.9. The van der Waals surface area contributed by atoms with Gasteiger partial charge >= 0.3 is 5.97 Å². The lowest BCUT2D eigenvalue weighted by Crippen LogP contribution is -2.26. The highest BCUT2D eigenvalue weighted by Crippen LogP contribution is 2.11. The zero-order chi connectivity index (χ0) is 12.4. The van der Waals surface area contributed by atoms with E-state index in [9.17, 15) is 4.79 Å². The first-order valence-electron chi connectivity index (χ1n) is 6.46. The van der Waals surface area contributed by atoms with Crippen molar-refractivity contribution in [1.29, 1.82) is 0 Å². The minimum Gasteiger partial charge on any atom is -0.479 e. The van der Waals surface area contributed by atoms with Crippen LogP contribution in [0.5, 0.6) is 0 Å². The Morgan fingerprint density at radius 3 is 2.19 bits per heavy atom. The molecule has 0 rings (SSSR count). The number of rotatable bonds is 10. The van der Waals surface area contributed by atoms with Gasteiger partial charge in [-0.1, -0.05) is 45.4 Å². The summed E-state index contributed by atoms with van der Waals surface area (Å²) < 4.78 is 5.34. The summed E-state index contributed by atoms with van der Waals surface area (Å²) >= 11 is 0. The Morgan fingerprint density at radius 2 is 1.69 bits per heavy atom. The molecule has 0 radical (unpaired) electrons. The molecule has 0 bridgehead atoms. The van der Waals surface area contributed by atoms with E-state index in [0.29, 0.717) is 6.42 Å². The van der Waals surface area contributed by atoms with E-state index in [1.165, 1.54) is 25.7 Å². The van der Waals surface area contributed by atoms with Gasteiger partial charge in [0.15, 0.2) is 6.10 Å². The van der Waals surface area contributed by atoms with E-state index in [4.69, 9.17) is 9.84 Å². The maximum atomic E-state index is 10.9. The van der Waals surface area contributed by atoms with Crippen LogP contribution in [-0.2, 0) is 9.53 Å². The predicted molar refractivity (Wildman–Crippen MR) is 65.6 cm³/mol. The monoisotopic (exact) mass is 230 g/mol. The second-order valence-corrected chi connectivity index (χ2v) is 4.57. The molecular weight excluding hydrogens is 204 g/mol. The zero-order valence-electron chi connectivity index (χ0n) is 10.9. The number of carboxylic acids is 1. The molecule has 0 aliphatic rings. The van der Waals surface area contributed by atoms with Crippen LogP contribution in [0.3, 0.4) is 0 Å². The molecule has 3 heteroatoms. The molecule has 1 atom stereocenters. The standard InChI is InChI=1S/C13H26O3/c1-4-5-6-7-8-9-10-12(13(14)15)16-11(2)3/h11-12H,4-10H2,1-3H3,(H,14,15). The third-order valence-electron chi connectivity index (χ3n) is 2.53. The first kappa shape index (κ1) is 15.4. The summed E-state index contributed by atoms with van der Waals surface area (Å²) in [7, 11) is 0. The molecular formula is C13H26O3. The van der Waals surface area contributed by atoms with Gasteiger partial charge in [-0.2, -0.15) is 0 Å². The van der Waals surface area contributed by atoms with E-state index in [1.807, 2.05) is 13.8 Å². The zero-order valence-corrected chi connectivity index (χ0v) is 10.9. The van der Waals surface area contributed by atoms with Gasteiger partial charge in [0.05, 0.1) is 6.10 Å². The molecule has 0 saturated heterocycles. The normalized spacial score (nSPS) is 13.0. The molecule has 0 aliphatic heterocycles. The lowest BCUT2D eigenvalue weighted by molar-refractivity contribution is -0.153. The summed E-state index contributed by atoms with van der Waals surface area (Å²) in [5.41, 5.74) is 0. The van der Waals surface area contributed by atoms with Crippen LogP contribution in [0.1, 0.15) is 65.7 Å². The predicted octanol–water partition coefficient (Wildman–Crippen LogP) is 3.62. The number of ether oxygens (including phenoxy) is 1.